The van der Waals surface area contributed by atoms with E-state index in [1.165, 1.54) is 22.0 Å². The van der Waals surface area contributed by atoms with E-state index in [9.17, 15) is 4.79 Å². The van der Waals surface area contributed by atoms with Gasteiger partial charge in [0.1, 0.15) is 0 Å². The summed E-state index contributed by atoms with van der Waals surface area (Å²) in [6.07, 6.45) is 2.50. The molecule has 0 radical (unpaired) electrons. The van der Waals surface area contributed by atoms with Crippen LogP contribution in [0.25, 0.3) is 11.6 Å². The molecule has 1 aromatic carbocycles. The average Bonchev–Trinajstić information content (AvgIpc) is 3.33. The van der Waals surface area contributed by atoms with E-state index >= 15 is 0 Å². The summed E-state index contributed by atoms with van der Waals surface area (Å²) in [4.78, 5) is 12.5. The van der Waals surface area contributed by atoms with E-state index in [0.717, 1.165) is 6.42 Å². The second-order valence-electron chi connectivity index (χ2n) is 6.17. The molecule has 2 aromatic heterocycles. The number of nitrogens with zero attached hydrogens (tertiary/aromatic N) is 3. The Balaban J connectivity index is 1.58. The summed E-state index contributed by atoms with van der Waals surface area (Å²) < 4.78 is 6.63. The van der Waals surface area contributed by atoms with Gasteiger partial charge >= 0.3 is 0 Å². The van der Waals surface area contributed by atoms with Gasteiger partial charge in [-0.2, -0.15) is 0 Å². The first-order valence-electron chi connectivity index (χ1n) is 8.83. The van der Waals surface area contributed by atoms with Crippen molar-refractivity contribution in [3.8, 4) is 11.6 Å². The Labute approximate surface area is 162 Å². The van der Waals surface area contributed by atoms with Crippen molar-refractivity contribution in [3.05, 3.63) is 54.3 Å². The average molecular weight is 385 g/mol. The maximum atomic E-state index is 12.5. The van der Waals surface area contributed by atoms with E-state index in [-0.39, 0.29) is 17.1 Å². The molecule has 0 spiro atoms. The second kappa shape index (κ2) is 8.77. The maximum Gasteiger partial charge on any atom is 0.233 e. The molecule has 0 fully saturated rings. The number of nitrogen functional groups attached to an aromatic ring is 1. The number of nitrogens with one attached hydrogen (secondary N) is 1. The van der Waals surface area contributed by atoms with Crippen LogP contribution in [0.2, 0.25) is 0 Å². The fraction of sp³-hybridized carbons (Fsp3) is 0.316. The number of thioether (sulfide) groups is 1. The molecule has 3 aromatic rings. The molecule has 0 saturated heterocycles. The van der Waals surface area contributed by atoms with Crippen LogP contribution in [0.5, 0.6) is 0 Å². The van der Waals surface area contributed by atoms with Crippen molar-refractivity contribution in [1.29, 1.82) is 0 Å². The van der Waals surface area contributed by atoms with Gasteiger partial charge in [0, 0.05) is 12.5 Å². The van der Waals surface area contributed by atoms with Crippen LogP contribution in [-0.2, 0) is 4.79 Å². The predicted octanol–water partition coefficient (Wildman–Crippen LogP) is 3.04. The summed E-state index contributed by atoms with van der Waals surface area (Å²) in [5.41, 5.74) is 1.23. The monoisotopic (exact) mass is 385 g/mol. The highest BCUT2D eigenvalue weighted by atomic mass is 32.2. The second-order valence-corrected chi connectivity index (χ2v) is 7.48. The Morgan fingerprint density at radius 1 is 1.26 bits per heavy atom. The van der Waals surface area contributed by atoms with Crippen LogP contribution in [0.3, 0.4) is 0 Å². The topological polar surface area (TPSA) is 99.0 Å². The smallest absolute Gasteiger partial charge is 0.233 e. The first-order chi connectivity index (χ1) is 13.1. The summed E-state index contributed by atoms with van der Waals surface area (Å²) in [6, 6.07) is 13.7. The normalized spacial score (nSPS) is 13.3. The third-order valence-electron chi connectivity index (χ3n) is 4.34. The Morgan fingerprint density at radius 2 is 2.04 bits per heavy atom. The molecule has 2 heterocycles. The van der Waals surface area contributed by atoms with E-state index in [1.807, 2.05) is 25.1 Å². The fourth-order valence-electron chi connectivity index (χ4n) is 2.73. The molecule has 0 bridgehead atoms. The maximum absolute atomic E-state index is 12.5. The summed E-state index contributed by atoms with van der Waals surface area (Å²) in [7, 11) is 0. The van der Waals surface area contributed by atoms with Crippen molar-refractivity contribution in [3.63, 3.8) is 0 Å². The minimum absolute atomic E-state index is 0.0584. The van der Waals surface area contributed by atoms with Gasteiger partial charge in [0.2, 0.25) is 16.9 Å². The number of hydrogen-bond donors (Lipinski definition) is 2. The molecule has 27 heavy (non-hydrogen) atoms. The highest BCUT2D eigenvalue weighted by molar-refractivity contribution is 8.00. The number of aromatic nitrogens is 3. The predicted molar refractivity (Wildman–Crippen MR) is 106 cm³/mol. The number of carbonyl (C=O) groups excluding carboxylic acids is 1. The fourth-order valence-corrected chi connectivity index (χ4v) is 3.53. The summed E-state index contributed by atoms with van der Waals surface area (Å²) in [5, 5.41) is 11.2. The molecule has 3 N–H and O–H groups in total. The third kappa shape index (κ3) is 4.51. The Morgan fingerprint density at radius 3 is 2.70 bits per heavy atom. The van der Waals surface area contributed by atoms with Crippen molar-refractivity contribution >= 4 is 17.7 Å². The molecule has 7 nitrogen and oxygen atoms in total. The van der Waals surface area contributed by atoms with Gasteiger partial charge in [-0.15, -0.1) is 10.2 Å². The Bertz CT molecular complexity index is 864. The van der Waals surface area contributed by atoms with E-state index in [0.29, 0.717) is 23.3 Å². The molecule has 1 amide bonds. The zero-order valence-electron chi connectivity index (χ0n) is 15.3. The lowest BCUT2D eigenvalue weighted by molar-refractivity contribution is -0.120. The van der Waals surface area contributed by atoms with Crippen LogP contribution in [0.15, 0.2) is 58.3 Å². The Kier molecular flexibility index (Phi) is 6.18. The van der Waals surface area contributed by atoms with E-state index in [1.54, 1.807) is 18.4 Å². The highest BCUT2D eigenvalue weighted by Crippen LogP contribution is 2.25. The molecule has 0 aliphatic heterocycles. The number of benzene rings is 1. The van der Waals surface area contributed by atoms with Gasteiger partial charge in [0.25, 0.3) is 0 Å². The van der Waals surface area contributed by atoms with Gasteiger partial charge < -0.3 is 15.6 Å². The third-order valence-corrected chi connectivity index (χ3v) is 5.40. The molecule has 2 atom stereocenters. The van der Waals surface area contributed by atoms with E-state index in [2.05, 4.69) is 34.6 Å². The summed E-state index contributed by atoms with van der Waals surface area (Å²) in [6.45, 7) is 4.54. The minimum Gasteiger partial charge on any atom is -0.461 e. The molecule has 3 rings (SSSR count). The largest absolute Gasteiger partial charge is 0.461 e. The molecule has 0 unspecified atom stereocenters. The van der Waals surface area contributed by atoms with Gasteiger partial charge in [-0.1, -0.05) is 49.0 Å². The van der Waals surface area contributed by atoms with Gasteiger partial charge in [-0.25, -0.2) is 4.68 Å². The van der Waals surface area contributed by atoms with Crippen molar-refractivity contribution in [2.45, 2.75) is 36.6 Å². The lowest BCUT2D eigenvalue weighted by Crippen LogP contribution is -2.34. The SMILES string of the molecule is CC[C@H](CNC(=O)[C@@H](C)Sc1nnc(-c2ccco2)n1N)c1ccccc1. The van der Waals surface area contributed by atoms with Crippen LogP contribution in [0.1, 0.15) is 31.7 Å². The number of carbonyl (C=O) groups is 1. The van der Waals surface area contributed by atoms with Gasteiger partial charge in [-0.05, 0) is 31.0 Å². The Hall–Kier alpha value is -2.74. The molecular formula is C19H23N5O2S. The van der Waals surface area contributed by atoms with E-state index < -0.39 is 0 Å². The van der Waals surface area contributed by atoms with Crippen molar-refractivity contribution in [1.82, 2.24) is 20.2 Å². The molecular weight excluding hydrogens is 362 g/mol. The van der Waals surface area contributed by atoms with Gasteiger partial charge in [0.05, 0.1) is 11.5 Å². The zero-order chi connectivity index (χ0) is 19.2. The van der Waals surface area contributed by atoms with Crippen molar-refractivity contribution in [2.75, 3.05) is 12.4 Å². The lowest BCUT2D eigenvalue weighted by atomic mass is 9.96. The molecule has 0 saturated carbocycles. The van der Waals surface area contributed by atoms with Crippen molar-refractivity contribution < 1.29 is 9.21 Å². The van der Waals surface area contributed by atoms with Crippen LogP contribution < -0.4 is 11.2 Å². The molecule has 8 heteroatoms. The standard InChI is InChI=1S/C19H23N5O2S/c1-3-14(15-8-5-4-6-9-15)12-21-18(25)13(2)27-19-23-22-17(24(19)20)16-10-7-11-26-16/h4-11,13-14H,3,12,20H2,1-2H3,(H,21,25)/t13-,14-/m1/s1. The lowest BCUT2D eigenvalue weighted by Gasteiger charge is -2.18. The number of nitrogens with two attached hydrogens (primary N) is 1. The molecule has 0 aliphatic carbocycles. The first-order valence-corrected chi connectivity index (χ1v) is 9.71. The van der Waals surface area contributed by atoms with Crippen molar-refractivity contribution in [2.24, 2.45) is 0 Å². The van der Waals surface area contributed by atoms with Crippen LogP contribution in [0.4, 0.5) is 0 Å². The van der Waals surface area contributed by atoms with Crippen LogP contribution in [0, 0.1) is 0 Å². The van der Waals surface area contributed by atoms with E-state index in [4.69, 9.17) is 10.3 Å². The van der Waals surface area contributed by atoms with Gasteiger partial charge in [0.15, 0.2) is 5.76 Å². The summed E-state index contributed by atoms with van der Waals surface area (Å²) >= 11 is 1.26. The van der Waals surface area contributed by atoms with Gasteiger partial charge in [-0.3, -0.25) is 4.79 Å². The number of hydrogen-bond acceptors (Lipinski definition) is 6. The quantitative estimate of drug-likeness (QED) is 0.457. The molecule has 142 valence electrons. The highest BCUT2D eigenvalue weighted by Gasteiger charge is 2.21. The zero-order valence-corrected chi connectivity index (χ0v) is 16.1. The number of amides is 1. The molecule has 0 aliphatic rings. The number of rotatable bonds is 8. The van der Waals surface area contributed by atoms with Crippen LogP contribution in [-0.4, -0.2) is 32.6 Å². The minimum atomic E-state index is -0.353. The number of furan rings is 1. The summed E-state index contributed by atoms with van der Waals surface area (Å²) in [5.74, 6) is 7.22. The first kappa shape index (κ1) is 19.0. The van der Waals surface area contributed by atoms with Crippen LogP contribution >= 0.6 is 11.8 Å².